The van der Waals surface area contributed by atoms with Crippen LogP contribution in [0.2, 0.25) is 0 Å². The minimum absolute atomic E-state index is 0.416. The molecule has 0 bridgehead atoms. The Labute approximate surface area is 141 Å². The maximum absolute atomic E-state index is 12.3. The van der Waals surface area contributed by atoms with Gasteiger partial charge < -0.3 is 14.8 Å². The van der Waals surface area contributed by atoms with E-state index in [2.05, 4.69) is 5.32 Å². The molecule has 126 valence electrons. The van der Waals surface area contributed by atoms with Crippen molar-refractivity contribution in [1.82, 2.24) is 0 Å². The van der Waals surface area contributed by atoms with E-state index in [1.807, 2.05) is 32.0 Å². The molecule has 0 aromatic heterocycles. The molecule has 0 fully saturated rings. The number of methoxy groups -OCH3 is 1. The van der Waals surface area contributed by atoms with Crippen molar-refractivity contribution in [3.05, 3.63) is 59.2 Å². The number of nitrogens with one attached hydrogen (secondary N) is 1. The number of hydrogen-bond acceptors (Lipinski definition) is 4. The van der Waals surface area contributed by atoms with Gasteiger partial charge in [0.05, 0.1) is 18.4 Å². The number of amides is 1. The lowest BCUT2D eigenvalue weighted by Gasteiger charge is -2.16. The summed E-state index contributed by atoms with van der Waals surface area (Å²) in [6.07, 6.45) is -0.928. The first-order valence-electron chi connectivity index (χ1n) is 7.64. The fourth-order valence-electron chi connectivity index (χ4n) is 2.23. The second-order valence-electron chi connectivity index (χ2n) is 5.56. The zero-order valence-electron chi connectivity index (χ0n) is 14.3. The number of hydrogen-bond donors (Lipinski definition) is 1. The van der Waals surface area contributed by atoms with Gasteiger partial charge in [-0.05, 0) is 50.1 Å². The minimum atomic E-state index is -0.928. The molecule has 2 rings (SSSR count). The molecule has 24 heavy (non-hydrogen) atoms. The monoisotopic (exact) mass is 327 g/mol. The van der Waals surface area contributed by atoms with Crippen LogP contribution in [0.25, 0.3) is 0 Å². The Bertz CT molecular complexity index is 755. The zero-order chi connectivity index (χ0) is 17.7. The first-order chi connectivity index (χ1) is 11.4. The van der Waals surface area contributed by atoms with Gasteiger partial charge in [0.2, 0.25) is 0 Å². The van der Waals surface area contributed by atoms with Crippen LogP contribution in [-0.4, -0.2) is 25.1 Å². The van der Waals surface area contributed by atoms with E-state index in [0.717, 1.165) is 11.1 Å². The van der Waals surface area contributed by atoms with Gasteiger partial charge in [-0.3, -0.25) is 4.79 Å². The Kier molecular flexibility index (Phi) is 5.58. The lowest BCUT2D eigenvalue weighted by atomic mass is 10.1. The van der Waals surface area contributed by atoms with E-state index in [0.29, 0.717) is 17.0 Å². The molecule has 1 unspecified atom stereocenters. The minimum Gasteiger partial charge on any atom is -0.495 e. The summed E-state index contributed by atoms with van der Waals surface area (Å²) in [6, 6.07) is 12.5. The van der Waals surface area contributed by atoms with Crippen LogP contribution in [0.15, 0.2) is 42.5 Å². The number of carbonyl (C=O) groups is 2. The molecule has 0 aliphatic carbocycles. The van der Waals surface area contributed by atoms with Crippen molar-refractivity contribution in [3.8, 4) is 5.75 Å². The highest BCUT2D eigenvalue weighted by Crippen LogP contribution is 2.25. The quantitative estimate of drug-likeness (QED) is 0.854. The Morgan fingerprint density at radius 2 is 1.79 bits per heavy atom. The Hall–Kier alpha value is -2.82. The van der Waals surface area contributed by atoms with E-state index in [9.17, 15) is 9.59 Å². The molecular formula is C19H21NO4. The summed E-state index contributed by atoms with van der Waals surface area (Å²) >= 11 is 0. The summed E-state index contributed by atoms with van der Waals surface area (Å²) in [5, 5.41) is 2.73. The topological polar surface area (TPSA) is 64.6 Å². The molecule has 0 radical (unpaired) electrons. The largest absolute Gasteiger partial charge is 0.495 e. The van der Waals surface area contributed by atoms with Crippen molar-refractivity contribution in [2.45, 2.75) is 26.9 Å². The van der Waals surface area contributed by atoms with Gasteiger partial charge >= 0.3 is 5.97 Å². The van der Waals surface area contributed by atoms with Crippen LogP contribution in [0.4, 0.5) is 5.69 Å². The summed E-state index contributed by atoms with van der Waals surface area (Å²) in [5.41, 5.74) is 2.78. The number of esters is 1. The first kappa shape index (κ1) is 17.5. The van der Waals surface area contributed by atoms with Gasteiger partial charge in [-0.2, -0.15) is 0 Å². The number of benzene rings is 2. The SMILES string of the molecule is COc1ccc(C)cc1NC(=O)C(C)OC(=O)c1ccccc1C. The molecule has 0 heterocycles. The normalized spacial score (nSPS) is 11.5. The van der Waals surface area contributed by atoms with Gasteiger partial charge in [-0.1, -0.05) is 24.3 Å². The van der Waals surface area contributed by atoms with Crippen molar-refractivity contribution in [2.75, 3.05) is 12.4 Å². The van der Waals surface area contributed by atoms with Crippen LogP contribution >= 0.6 is 0 Å². The lowest BCUT2D eigenvalue weighted by molar-refractivity contribution is -0.123. The highest BCUT2D eigenvalue weighted by Gasteiger charge is 2.21. The molecule has 1 amide bonds. The van der Waals surface area contributed by atoms with E-state index in [1.54, 1.807) is 24.3 Å². The van der Waals surface area contributed by atoms with Gasteiger partial charge in [-0.25, -0.2) is 4.79 Å². The molecule has 1 N–H and O–H groups in total. The maximum Gasteiger partial charge on any atom is 0.339 e. The third-order valence-corrected chi connectivity index (χ3v) is 3.63. The van der Waals surface area contributed by atoms with Crippen molar-refractivity contribution < 1.29 is 19.1 Å². The van der Waals surface area contributed by atoms with Crippen molar-refractivity contribution >= 4 is 17.6 Å². The van der Waals surface area contributed by atoms with Crippen LogP contribution in [0.3, 0.4) is 0 Å². The average Bonchev–Trinajstić information content (AvgIpc) is 2.55. The highest BCUT2D eigenvalue weighted by molar-refractivity contribution is 5.98. The molecule has 0 aliphatic rings. The summed E-state index contributed by atoms with van der Waals surface area (Å²) in [4.78, 5) is 24.5. The molecule has 5 nitrogen and oxygen atoms in total. The van der Waals surface area contributed by atoms with Crippen molar-refractivity contribution in [3.63, 3.8) is 0 Å². The second-order valence-corrected chi connectivity index (χ2v) is 5.56. The van der Waals surface area contributed by atoms with Gasteiger partial charge in [0, 0.05) is 0 Å². The smallest absolute Gasteiger partial charge is 0.339 e. The van der Waals surface area contributed by atoms with Crippen LogP contribution in [0.5, 0.6) is 5.75 Å². The van der Waals surface area contributed by atoms with Crippen molar-refractivity contribution in [2.24, 2.45) is 0 Å². The van der Waals surface area contributed by atoms with E-state index in [-0.39, 0.29) is 0 Å². The van der Waals surface area contributed by atoms with Gasteiger partial charge in [0.25, 0.3) is 5.91 Å². The van der Waals surface area contributed by atoms with Gasteiger partial charge in [-0.15, -0.1) is 0 Å². The van der Waals surface area contributed by atoms with Crippen LogP contribution < -0.4 is 10.1 Å². The predicted octanol–water partition coefficient (Wildman–Crippen LogP) is 3.50. The summed E-state index contributed by atoms with van der Waals surface area (Å²) in [7, 11) is 1.53. The fraction of sp³-hybridized carbons (Fsp3) is 0.263. The number of carbonyl (C=O) groups excluding carboxylic acids is 2. The van der Waals surface area contributed by atoms with E-state index in [1.165, 1.54) is 14.0 Å². The van der Waals surface area contributed by atoms with Crippen molar-refractivity contribution in [1.29, 1.82) is 0 Å². The molecule has 0 spiro atoms. The summed E-state index contributed by atoms with van der Waals surface area (Å²) in [6.45, 7) is 5.27. The van der Waals surface area contributed by atoms with E-state index in [4.69, 9.17) is 9.47 Å². The Balaban J connectivity index is 2.06. The zero-order valence-corrected chi connectivity index (χ0v) is 14.3. The molecule has 0 saturated heterocycles. The molecule has 2 aromatic rings. The fourth-order valence-corrected chi connectivity index (χ4v) is 2.23. The lowest BCUT2D eigenvalue weighted by Crippen LogP contribution is -2.30. The number of aryl methyl sites for hydroxylation is 2. The first-order valence-corrected chi connectivity index (χ1v) is 7.64. The highest BCUT2D eigenvalue weighted by atomic mass is 16.5. The van der Waals surface area contributed by atoms with Gasteiger partial charge in [0.1, 0.15) is 5.75 Å². The Morgan fingerprint density at radius 3 is 2.46 bits per heavy atom. The van der Waals surface area contributed by atoms with Crippen LogP contribution in [0.1, 0.15) is 28.4 Å². The second kappa shape index (κ2) is 7.64. The number of rotatable bonds is 5. The summed E-state index contributed by atoms with van der Waals surface area (Å²) in [5.74, 6) is -0.390. The molecule has 1 atom stereocenters. The molecule has 0 aliphatic heterocycles. The standard InChI is InChI=1S/C19H21NO4/c1-12-9-10-17(23-4)16(11-12)20-18(21)14(3)24-19(22)15-8-6-5-7-13(15)2/h5-11,14H,1-4H3,(H,20,21). The third-order valence-electron chi connectivity index (χ3n) is 3.63. The third kappa shape index (κ3) is 4.13. The van der Waals surface area contributed by atoms with E-state index < -0.39 is 18.0 Å². The summed E-state index contributed by atoms with van der Waals surface area (Å²) < 4.78 is 10.5. The predicted molar refractivity (Wildman–Crippen MR) is 92.4 cm³/mol. The molecule has 2 aromatic carbocycles. The molecular weight excluding hydrogens is 306 g/mol. The molecule has 5 heteroatoms. The van der Waals surface area contributed by atoms with E-state index >= 15 is 0 Å². The van der Waals surface area contributed by atoms with Crippen LogP contribution in [-0.2, 0) is 9.53 Å². The van der Waals surface area contributed by atoms with Gasteiger partial charge in [0.15, 0.2) is 6.10 Å². The number of anilines is 1. The maximum atomic E-state index is 12.3. The average molecular weight is 327 g/mol. The number of ether oxygens (including phenoxy) is 2. The van der Waals surface area contributed by atoms with Crippen LogP contribution in [0, 0.1) is 13.8 Å². The molecule has 0 saturated carbocycles. The Morgan fingerprint density at radius 1 is 1.08 bits per heavy atom.